The minimum absolute atomic E-state index is 0.176. The van der Waals surface area contributed by atoms with Crippen molar-refractivity contribution in [2.24, 2.45) is 0 Å². The van der Waals surface area contributed by atoms with E-state index in [-0.39, 0.29) is 12.3 Å². The lowest BCUT2D eigenvalue weighted by molar-refractivity contribution is 0.157. The molecule has 118 valence electrons. The molecule has 0 unspecified atom stereocenters. The Hall–Kier alpha value is -2.29. The minimum Gasteiger partial charge on any atom is -0.485 e. The standard InChI is InChI=1S/C13H15N3O5S/c1-8-11(7-12-14-15-13(17)21-12)20-10-6-4-3-5-9(10)16(8)22(2,18)19/h3-6,8,11H,7H2,1-2H3,(H,15,17)/t8-,11+/m1/s1. The Morgan fingerprint density at radius 3 is 2.73 bits per heavy atom. The van der Waals surface area contributed by atoms with Gasteiger partial charge in [0, 0.05) is 0 Å². The third-order valence-electron chi connectivity index (χ3n) is 3.50. The van der Waals surface area contributed by atoms with E-state index in [1.54, 1.807) is 31.2 Å². The second-order valence-corrected chi connectivity index (χ2v) is 6.99. The van der Waals surface area contributed by atoms with Gasteiger partial charge in [-0.2, -0.15) is 0 Å². The fourth-order valence-electron chi connectivity index (χ4n) is 2.58. The van der Waals surface area contributed by atoms with Crippen molar-refractivity contribution in [3.8, 4) is 5.75 Å². The Labute approximate surface area is 126 Å². The summed E-state index contributed by atoms with van der Waals surface area (Å²) in [5.41, 5.74) is 0.497. The van der Waals surface area contributed by atoms with Crippen molar-refractivity contribution in [3.63, 3.8) is 0 Å². The SMILES string of the molecule is C[C@@H]1[C@H](Cc2n[nH]c(=O)o2)Oc2ccccc2N1S(C)(=O)=O. The number of H-pyrrole nitrogens is 1. The first-order valence-electron chi connectivity index (χ1n) is 6.66. The Balaban J connectivity index is 1.99. The van der Waals surface area contributed by atoms with Gasteiger partial charge < -0.3 is 9.15 Å². The van der Waals surface area contributed by atoms with Crippen molar-refractivity contribution >= 4 is 15.7 Å². The van der Waals surface area contributed by atoms with Gasteiger partial charge in [-0.3, -0.25) is 4.31 Å². The predicted octanol–water partition coefficient (Wildman–Crippen LogP) is 0.521. The molecule has 2 atom stereocenters. The zero-order valence-corrected chi connectivity index (χ0v) is 12.8. The highest BCUT2D eigenvalue weighted by Gasteiger charge is 2.38. The van der Waals surface area contributed by atoms with Gasteiger partial charge in [-0.1, -0.05) is 12.1 Å². The highest BCUT2D eigenvalue weighted by molar-refractivity contribution is 7.92. The highest BCUT2D eigenvalue weighted by atomic mass is 32.2. The van der Waals surface area contributed by atoms with E-state index in [0.717, 1.165) is 6.26 Å². The van der Waals surface area contributed by atoms with Crippen molar-refractivity contribution in [3.05, 3.63) is 40.7 Å². The van der Waals surface area contributed by atoms with Gasteiger partial charge in [-0.05, 0) is 19.1 Å². The quantitative estimate of drug-likeness (QED) is 0.882. The van der Waals surface area contributed by atoms with Crippen molar-refractivity contribution in [2.45, 2.75) is 25.5 Å². The van der Waals surface area contributed by atoms with Crippen LogP contribution in [0.1, 0.15) is 12.8 Å². The summed E-state index contributed by atoms with van der Waals surface area (Å²) < 4.78 is 36.3. The summed E-state index contributed by atoms with van der Waals surface area (Å²) in [6.45, 7) is 1.74. The Morgan fingerprint density at radius 1 is 1.36 bits per heavy atom. The van der Waals surface area contributed by atoms with Crippen LogP contribution in [0.3, 0.4) is 0 Å². The number of nitrogens with zero attached hydrogens (tertiary/aromatic N) is 2. The second kappa shape index (κ2) is 5.16. The molecule has 2 heterocycles. The van der Waals surface area contributed by atoms with Crippen LogP contribution in [0.2, 0.25) is 0 Å². The number of aromatic nitrogens is 2. The molecule has 1 aromatic heterocycles. The number of benzene rings is 1. The molecule has 3 rings (SSSR count). The molecule has 8 nitrogen and oxygen atoms in total. The lowest BCUT2D eigenvalue weighted by Gasteiger charge is -2.39. The van der Waals surface area contributed by atoms with E-state index in [1.807, 2.05) is 0 Å². The number of ether oxygens (including phenoxy) is 1. The maximum Gasteiger partial charge on any atom is 0.434 e. The van der Waals surface area contributed by atoms with Crippen LogP contribution >= 0.6 is 0 Å². The number of sulfonamides is 1. The van der Waals surface area contributed by atoms with Crippen LogP contribution in [0, 0.1) is 0 Å². The fourth-order valence-corrected chi connectivity index (χ4v) is 3.83. The van der Waals surface area contributed by atoms with Gasteiger partial charge in [-0.25, -0.2) is 18.3 Å². The van der Waals surface area contributed by atoms with Crippen molar-refractivity contribution in [2.75, 3.05) is 10.6 Å². The number of aromatic amines is 1. The summed E-state index contributed by atoms with van der Waals surface area (Å²) in [6.07, 6.45) is 0.813. The van der Waals surface area contributed by atoms with Crippen molar-refractivity contribution < 1.29 is 17.6 Å². The molecule has 0 bridgehead atoms. The largest absolute Gasteiger partial charge is 0.485 e. The van der Waals surface area contributed by atoms with E-state index in [9.17, 15) is 13.2 Å². The van der Waals surface area contributed by atoms with E-state index >= 15 is 0 Å². The lowest BCUT2D eigenvalue weighted by Crippen LogP contribution is -2.51. The molecule has 0 radical (unpaired) electrons. The van der Waals surface area contributed by atoms with Crippen LogP contribution in [-0.4, -0.2) is 37.0 Å². The molecular weight excluding hydrogens is 310 g/mol. The number of nitrogens with one attached hydrogen (secondary N) is 1. The smallest absolute Gasteiger partial charge is 0.434 e. The van der Waals surface area contributed by atoms with E-state index in [4.69, 9.17) is 9.15 Å². The third-order valence-corrected chi connectivity index (χ3v) is 4.75. The number of para-hydroxylation sites is 2. The maximum absolute atomic E-state index is 12.1. The summed E-state index contributed by atoms with van der Waals surface area (Å²) in [5.74, 6) is -0.0116. The molecular formula is C13H15N3O5S. The number of hydrogen-bond acceptors (Lipinski definition) is 6. The van der Waals surface area contributed by atoms with Gasteiger partial charge in [0.25, 0.3) is 0 Å². The number of hydrogen-bond donors (Lipinski definition) is 1. The monoisotopic (exact) mass is 325 g/mol. The Kier molecular flexibility index (Phi) is 3.44. The zero-order chi connectivity index (χ0) is 15.9. The highest BCUT2D eigenvalue weighted by Crippen LogP contribution is 2.38. The average Bonchev–Trinajstić information content (AvgIpc) is 2.83. The third kappa shape index (κ3) is 2.59. The van der Waals surface area contributed by atoms with Crippen LogP contribution in [0.25, 0.3) is 0 Å². The fraction of sp³-hybridized carbons (Fsp3) is 0.385. The van der Waals surface area contributed by atoms with Gasteiger partial charge in [0.15, 0.2) is 0 Å². The first-order valence-corrected chi connectivity index (χ1v) is 8.50. The van der Waals surface area contributed by atoms with E-state index < -0.39 is 27.9 Å². The number of rotatable bonds is 3. The van der Waals surface area contributed by atoms with Gasteiger partial charge in [0.05, 0.1) is 24.4 Å². The van der Waals surface area contributed by atoms with Gasteiger partial charge in [0.2, 0.25) is 15.9 Å². The van der Waals surface area contributed by atoms with Gasteiger partial charge in [-0.15, -0.1) is 5.10 Å². The predicted molar refractivity (Wildman–Crippen MR) is 78.5 cm³/mol. The summed E-state index contributed by atoms with van der Waals surface area (Å²) in [4.78, 5) is 11.0. The molecule has 1 aliphatic rings. The summed E-state index contributed by atoms with van der Waals surface area (Å²) in [6, 6.07) is 6.44. The normalized spacial score (nSPS) is 21.3. The molecule has 9 heteroatoms. The van der Waals surface area contributed by atoms with Gasteiger partial charge >= 0.3 is 5.76 Å². The number of fused-ring (bicyclic) bond motifs is 1. The molecule has 0 saturated heterocycles. The van der Waals surface area contributed by atoms with E-state index in [1.165, 1.54) is 4.31 Å². The molecule has 0 saturated carbocycles. The van der Waals surface area contributed by atoms with Crippen molar-refractivity contribution in [1.82, 2.24) is 10.2 Å². The summed E-state index contributed by atoms with van der Waals surface area (Å²) in [5, 5.41) is 5.91. The Bertz CT molecular complexity index is 841. The lowest BCUT2D eigenvalue weighted by atomic mass is 10.1. The molecule has 0 fully saturated rings. The topological polar surface area (TPSA) is 106 Å². The number of anilines is 1. The van der Waals surface area contributed by atoms with Crippen LogP contribution in [0.5, 0.6) is 5.75 Å². The minimum atomic E-state index is -3.48. The molecule has 1 aliphatic heterocycles. The molecule has 1 aromatic carbocycles. The molecule has 2 aromatic rings. The van der Waals surface area contributed by atoms with Crippen molar-refractivity contribution in [1.29, 1.82) is 0 Å². The molecule has 22 heavy (non-hydrogen) atoms. The average molecular weight is 325 g/mol. The summed E-state index contributed by atoms with van der Waals surface area (Å²) in [7, 11) is -3.48. The first kappa shape index (κ1) is 14.6. The second-order valence-electron chi connectivity index (χ2n) is 5.13. The first-order chi connectivity index (χ1) is 10.4. The maximum atomic E-state index is 12.1. The van der Waals surface area contributed by atoms with Crippen LogP contribution in [0.4, 0.5) is 5.69 Å². The Morgan fingerprint density at radius 2 is 2.09 bits per heavy atom. The molecule has 0 spiro atoms. The zero-order valence-electron chi connectivity index (χ0n) is 12.0. The molecule has 1 N–H and O–H groups in total. The van der Waals surface area contributed by atoms with E-state index in [0.29, 0.717) is 11.4 Å². The van der Waals surface area contributed by atoms with Crippen LogP contribution in [0.15, 0.2) is 33.5 Å². The van der Waals surface area contributed by atoms with Gasteiger partial charge in [0.1, 0.15) is 11.9 Å². The summed E-state index contributed by atoms with van der Waals surface area (Å²) >= 11 is 0. The van der Waals surface area contributed by atoms with Crippen LogP contribution in [-0.2, 0) is 16.4 Å². The van der Waals surface area contributed by atoms with Crippen LogP contribution < -0.4 is 14.8 Å². The molecule has 0 aliphatic carbocycles. The molecule has 0 amide bonds. The van der Waals surface area contributed by atoms with E-state index in [2.05, 4.69) is 10.2 Å².